The zero-order valence-electron chi connectivity index (χ0n) is 14.9. The van der Waals surface area contributed by atoms with Crippen molar-refractivity contribution in [1.82, 2.24) is 4.90 Å². The average molecular weight is 355 g/mol. The maximum absolute atomic E-state index is 13.2. The van der Waals surface area contributed by atoms with Crippen molar-refractivity contribution >= 4 is 12.0 Å². The minimum atomic E-state index is -0.269. The lowest BCUT2D eigenvalue weighted by atomic mass is 10.0. The van der Waals surface area contributed by atoms with Gasteiger partial charge in [-0.25, -0.2) is 4.39 Å². The van der Waals surface area contributed by atoms with Crippen LogP contribution in [0.4, 0.5) is 4.39 Å². The summed E-state index contributed by atoms with van der Waals surface area (Å²) in [4.78, 5) is 14.5. The van der Waals surface area contributed by atoms with E-state index in [9.17, 15) is 9.18 Å². The molecule has 0 saturated carbocycles. The molecule has 0 bridgehead atoms. The molecule has 3 rings (SSSR count). The number of amides is 1. The molecule has 2 aromatic rings. The second kappa shape index (κ2) is 8.04. The number of halogens is 1. The molecule has 26 heavy (non-hydrogen) atoms. The fraction of sp³-hybridized carbons (Fsp3) is 0.286. The lowest BCUT2D eigenvalue weighted by Gasteiger charge is -2.24. The molecule has 4 nitrogen and oxygen atoms in total. The molecule has 1 fully saturated rings. The lowest BCUT2D eigenvalue weighted by molar-refractivity contribution is -0.126. The summed E-state index contributed by atoms with van der Waals surface area (Å²) < 4.78 is 23.7. The Morgan fingerprint density at radius 1 is 1.15 bits per heavy atom. The van der Waals surface area contributed by atoms with E-state index in [2.05, 4.69) is 0 Å². The maximum Gasteiger partial charge on any atom is 0.247 e. The maximum atomic E-state index is 13.2. The Hall–Kier alpha value is -2.82. The van der Waals surface area contributed by atoms with Crippen LogP contribution in [0.5, 0.6) is 11.5 Å². The van der Waals surface area contributed by atoms with Crippen LogP contribution in [-0.2, 0) is 4.79 Å². The third-order valence-corrected chi connectivity index (χ3v) is 4.63. The van der Waals surface area contributed by atoms with Crippen molar-refractivity contribution in [3.63, 3.8) is 0 Å². The Labute approximate surface area is 152 Å². The molecule has 5 heteroatoms. The first-order chi connectivity index (χ1) is 12.6. The highest BCUT2D eigenvalue weighted by atomic mass is 19.1. The predicted octanol–water partition coefficient (Wildman–Crippen LogP) is 4.22. The first-order valence-electron chi connectivity index (χ1n) is 8.58. The second-order valence-electron chi connectivity index (χ2n) is 6.18. The van der Waals surface area contributed by atoms with E-state index in [1.807, 2.05) is 17.0 Å². The van der Waals surface area contributed by atoms with E-state index in [0.29, 0.717) is 18.0 Å². The number of carbonyl (C=O) groups is 1. The van der Waals surface area contributed by atoms with Gasteiger partial charge in [0.15, 0.2) is 0 Å². The molecule has 1 unspecified atom stereocenters. The van der Waals surface area contributed by atoms with Gasteiger partial charge in [0, 0.05) is 18.2 Å². The molecule has 1 amide bonds. The number of likely N-dealkylation sites (tertiary alicyclic amines) is 1. The van der Waals surface area contributed by atoms with Crippen LogP contribution in [0.2, 0.25) is 0 Å². The fourth-order valence-corrected chi connectivity index (χ4v) is 3.29. The normalized spacial score (nSPS) is 16.9. The van der Waals surface area contributed by atoms with E-state index in [1.54, 1.807) is 44.6 Å². The van der Waals surface area contributed by atoms with Crippen LogP contribution in [0.15, 0.2) is 48.5 Å². The van der Waals surface area contributed by atoms with E-state index in [-0.39, 0.29) is 17.8 Å². The summed E-state index contributed by atoms with van der Waals surface area (Å²) in [6, 6.07) is 11.8. The van der Waals surface area contributed by atoms with Crippen LogP contribution >= 0.6 is 0 Å². The van der Waals surface area contributed by atoms with Gasteiger partial charge in [0.2, 0.25) is 5.91 Å². The Balaban J connectivity index is 1.78. The van der Waals surface area contributed by atoms with Crippen molar-refractivity contribution < 1.29 is 18.7 Å². The van der Waals surface area contributed by atoms with E-state index in [0.717, 1.165) is 24.0 Å². The van der Waals surface area contributed by atoms with Crippen molar-refractivity contribution in [2.45, 2.75) is 18.9 Å². The third kappa shape index (κ3) is 3.87. The highest BCUT2D eigenvalue weighted by Gasteiger charge is 2.28. The van der Waals surface area contributed by atoms with Gasteiger partial charge in [-0.05, 0) is 54.8 Å². The van der Waals surface area contributed by atoms with Gasteiger partial charge in [-0.3, -0.25) is 4.79 Å². The van der Waals surface area contributed by atoms with Crippen LogP contribution in [-0.4, -0.2) is 31.6 Å². The van der Waals surface area contributed by atoms with Gasteiger partial charge < -0.3 is 14.4 Å². The van der Waals surface area contributed by atoms with Crippen LogP contribution in [0, 0.1) is 5.82 Å². The van der Waals surface area contributed by atoms with E-state index >= 15 is 0 Å². The van der Waals surface area contributed by atoms with Crippen molar-refractivity contribution in [3.05, 3.63) is 65.5 Å². The minimum absolute atomic E-state index is 0.0139. The smallest absolute Gasteiger partial charge is 0.247 e. The summed E-state index contributed by atoms with van der Waals surface area (Å²) in [5, 5.41) is 0. The van der Waals surface area contributed by atoms with Gasteiger partial charge in [-0.15, -0.1) is 0 Å². The van der Waals surface area contributed by atoms with Gasteiger partial charge in [0.25, 0.3) is 0 Å². The molecule has 136 valence electrons. The quantitative estimate of drug-likeness (QED) is 0.754. The van der Waals surface area contributed by atoms with E-state index in [1.165, 1.54) is 12.1 Å². The molecule has 0 N–H and O–H groups in total. The molecule has 1 saturated heterocycles. The zero-order chi connectivity index (χ0) is 18.5. The van der Waals surface area contributed by atoms with Crippen LogP contribution in [0.3, 0.4) is 0 Å². The summed E-state index contributed by atoms with van der Waals surface area (Å²) >= 11 is 0. The highest BCUT2D eigenvalue weighted by Crippen LogP contribution is 2.32. The SMILES string of the molecule is COc1ccc(OC)c(/C=C/C(=O)N2CCCC2c2ccc(F)cc2)c1. The van der Waals surface area contributed by atoms with Crippen LogP contribution in [0.25, 0.3) is 6.08 Å². The summed E-state index contributed by atoms with van der Waals surface area (Å²) in [5.74, 6) is 1.03. The minimum Gasteiger partial charge on any atom is -0.497 e. The molecular weight excluding hydrogens is 333 g/mol. The molecule has 0 spiro atoms. The number of methoxy groups -OCH3 is 2. The molecule has 0 aliphatic carbocycles. The Morgan fingerprint density at radius 3 is 2.62 bits per heavy atom. The Kier molecular flexibility index (Phi) is 5.56. The first-order valence-corrected chi connectivity index (χ1v) is 8.58. The number of hydrogen-bond acceptors (Lipinski definition) is 3. The molecule has 0 radical (unpaired) electrons. The van der Waals surface area contributed by atoms with Crippen molar-refractivity contribution in [1.29, 1.82) is 0 Å². The van der Waals surface area contributed by atoms with Crippen molar-refractivity contribution in [2.24, 2.45) is 0 Å². The Morgan fingerprint density at radius 2 is 1.92 bits per heavy atom. The van der Waals surface area contributed by atoms with Crippen molar-refractivity contribution in [3.8, 4) is 11.5 Å². The van der Waals surface area contributed by atoms with Gasteiger partial charge in [0.05, 0.1) is 20.3 Å². The predicted molar refractivity (Wildman–Crippen MR) is 98.7 cm³/mol. The highest BCUT2D eigenvalue weighted by molar-refractivity contribution is 5.92. The molecule has 0 aromatic heterocycles. The van der Waals surface area contributed by atoms with E-state index in [4.69, 9.17) is 9.47 Å². The van der Waals surface area contributed by atoms with Crippen molar-refractivity contribution in [2.75, 3.05) is 20.8 Å². The number of ether oxygens (including phenoxy) is 2. The zero-order valence-corrected chi connectivity index (χ0v) is 14.9. The van der Waals surface area contributed by atoms with Gasteiger partial charge >= 0.3 is 0 Å². The van der Waals surface area contributed by atoms with Crippen LogP contribution in [0.1, 0.15) is 30.0 Å². The molecule has 1 atom stereocenters. The molecule has 1 aliphatic rings. The molecule has 1 heterocycles. The number of rotatable bonds is 5. The summed E-state index contributed by atoms with van der Waals surface area (Å²) in [7, 11) is 3.18. The van der Waals surface area contributed by atoms with Crippen LogP contribution < -0.4 is 9.47 Å². The Bertz CT molecular complexity index is 801. The third-order valence-electron chi connectivity index (χ3n) is 4.63. The summed E-state index contributed by atoms with van der Waals surface area (Å²) in [5.41, 5.74) is 1.74. The monoisotopic (exact) mass is 355 g/mol. The topological polar surface area (TPSA) is 38.8 Å². The van der Waals surface area contributed by atoms with Gasteiger partial charge in [-0.1, -0.05) is 12.1 Å². The number of nitrogens with zero attached hydrogens (tertiary/aromatic N) is 1. The largest absolute Gasteiger partial charge is 0.497 e. The lowest BCUT2D eigenvalue weighted by Crippen LogP contribution is -2.28. The van der Waals surface area contributed by atoms with Gasteiger partial charge in [-0.2, -0.15) is 0 Å². The average Bonchev–Trinajstić information content (AvgIpc) is 3.16. The number of hydrogen-bond donors (Lipinski definition) is 0. The van der Waals surface area contributed by atoms with E-state index < -0.39 is 0 Å². The number of benzene rings is 2. The standard InChI is InChI=1S/C21H22FNO3/c1-25-18-10-11-20(26-2)16(14-18)7-12-21(24)23-13-3-4-19(23)15-5-8-17(22)9-6-15/h5-12,14,19H,3-4,13H2,1-2H3/b12-7+. The molecule has 2 aromatic carbocycles. The fourth-order valence-electron chi connectivity index (χ4n) is 3.29. The summed E-state index contributed by atoms with van der Waals surface area (Å²) in [6.45, 7) is 0.695. The first kappa shape index (κ1) is 18.0. The second-order valence-corrected chi connectivity index (χ2v) is 6.18. The number of carbonyl (C=O) groups excluding carboxylic acids is 1. The van der Waals surface area contributed by atoms with Gasteiger partial charge in [0.1, 0.15) is 17.3 Å². The summed E-state index contributed by atoms with van der Waals surface area (Å²) in [6.07, 6.45) is 5.11. The molecule has 1 aliphatic heterocycles. The molecular formula is C21H22FNO3.